The van der Waals surface area contributed by atoms with Crippen molar-refractivity contribution < 1.29 is 17.9 Å². The Morgan fingerprint density at radius 1 is 1.10 bits per heavy atom. The molecule has 1 fully saturated rings. The first-order chi connectivity index (χ1) is 14.4. The molecule has 3 aromatic rings. The number of morpholine rings is 1. The molecule has 7 nitrogen and oxygen atoms in total. The van der Waals surface area contributed by atoms with Crippen molar-refractivity contribution >= 4 is 26.8 Å². The molecular weight excluding hydrogens is 402 g/mol. The van der Waals surface area contributed by atoms with Gasteiger partial charge < -0.3 is 10.1 Å². The quantitative estimate of drug-likeness (QED) is 0.679. The molecule has 0 saturated carbocycles. The number of hydrogen-bond acceptors (Lipinski definition) is 5. The van der Waals surface area contributed by atoms with Crippen LogP contribution in [0.3, 0.4) is 0 Å². The molecular formula is C22H23N3O4S. The Balaban J connectivity index is 1.46. The molecule has 1 saturated heterocycles. The number of benzene rings is 2. The van der Waals surface area contributed by atoms with Crippen molar-refractivity contribution in [2.24, 2.45) is 0 Å². The van der Waals surface area contributed by atoms with Gasteiger partial charge in [0.2, 0.25) is 10.0 Å². The first kappa shape index (κ1) is 20.5. The molecule has 156 valence electrons. The van der Waals surface area contributed by atoms with E-state index in [9.17, 15) is 13.2 Å². The zero-order chi connectivity index (χ0) is 21.1. The Bertz CT molecular complexity index is 1170. The maximum absolute atomic E-state index is 12.8. The number of rotatable bonds is 5. The van der Waals surface area contributed by atoms with E-state index in [-0.39, 0.29) is 10.8 Å². The van der Waals surface area contributed by atoms with Gasteiger partial charge in [0.1, 0.15) is 0 Å². The predicted octanol–water partition coefficient (Wildman–Crippen LogP) is 2.49. The zero-order valence-corrected chi connectivity index (χ0v) is 17.5. The number of amides is 1. The van der Waals surface area contributed by atoms with E-state index in [1.807, 2.05) is 31.2 Å². The maximum atomic E-state index is 12.8. The van der Waals surface area contributed by atoms with Gasteiger partial charge in [0, 0.05) is 30.7 Å². The minimum Gasteiger partial charge on any atom is -0.379 e. The van der Waals surface area contributed by atoms with Gasteiger partial charge >= 0.3 is 0 Å². The summed E-state index contributed by atoms with van der Waals surface area (Å²) in [5.41, 5.74) is 2.95. The van der Waals surface area contributed by atoms with Crippen LogP contribution in [0.5, 0.6) is 0 Å². The fraction of sp³-hybridized carbons (Fsp3) is 0.273. The zero-order valence-electron chi connectivity index (χ0n) is 16.7. The molecule has 0 aliphatic carbocycles. The second kappa shape index (κ2) is 8.51. The van der Waals surface area contributed by atoms with Gasteiger partial charge in [0.15, 0.2) is 0 Å². The molecule has 2 heterocycles. The van der Waals surface area contributed by atoms with Gasteiger partial charge in [-0.1, -0.05) is 30.3 Å². The van der Waals surface area contributed by atoms with Crippen molar-refractivity contribution in [2.75, 3.05) is 26.3 Å². The molecule has 0 spiro atoms. The van der Waals surface area contributed by atoms with Gasteiger partial charge in [-0.3, -0.25) is 9.78 Å². The van der Waals surface area contributed by atoms with Crippen LogP contribution in [0.1, 0.15) is 21.6 Å². The monoisotopic (exact) mass is 425 g/mol. The third kappa shape index (κ3) is 4.21. The number of hydrogen-bond donors (Lipinski definition) is 1. The Hall–Kier alpha value is -2.81. The summed E-state index contributed by atoms with van der Waals surface area (Å²) in [5, 5.41) is 3.71. The highest BCUT2D eigenvalue weighted by Crippen LogP contribution is 2.19. The molecule has 1 aliphatic rings. The number of pyridine rings is 1. The first-order valence-corrected chi connectivity index (χ1v) is 11.2. The summed E-state index contributed by atoms with van der Waals surface area (Å²) < 4.78 is 32.1. The summed E-state index contributed by atoms with van der Waals surface area (Å²) in [6.45, 7) is 3.70. The van der Waals surface area contributed by atoms with Gasteiger partial charge in [0.25, 0.3) is 5.91 Å². The largest absolute Gasteiger partial charge is 0.379 e. The Kier molecular flexibility index (Phi) is 5.80. The molecule has 0 unspecified atom stereocenters. The number of nitrogens with one attached hydrogen (secondary N) is 1. The van der Waals surface area contributed by atoms with Crippen LogP contribution in [0.25, 0.3) is 10.9 Å². The molecule has 1 aromatic heterocycles. The molecule has 4 rings (SSSR count). The lowest BCUT2D eigenvalue weighted by molar-refractivity contribution is 0.0730. The second-order valence-electron chi connectivity index (χ2n) is 7.17. The number of nitrogens with zero attached hydrogens (tertiary/aromatic N) is 2. The third-order valence-corrected chi connectivity index (χ3v) is 6.99. The topological polar surface area (TPSA) is 88.6 Å². The minimum atomic E-state index is -3.52. The number of fused-ring (bicyclic) bond motifs is 1. The maximum Gasteiger partial charge on any atom is 0.252 e. The van der Waals surface area contributed by atoms with E-state index in [1.54, 1.807) is 30.3 Å². The number of aromatic nitrogens is 1. The standard InChI is InChI=1S/C22H23N3O4S/c1-16-14-20(19-4-2-3-5-21(19)24-16)22(26)23-15-17-6-8-18(9-7-17)30(27,28)25-10-12-29-13-11-25/h2-9,14H,10-13,15H2,1H3,(H,23,26). The third-order valence-electron chi connectivity index (χ3n) is 5.07. The molecule has 0 bridgehead atoms. The average molecular weight is 426 g/mol. The van der Waals surface area contributed by atoms with Gasteiger partial charge in [-0.05, 0) is 36.8 Å². The molecule has 8 heteroatoms. The van der Waals surface area contributed by atoms with Crippen molar-refractivity contribution in [1.82, 2.24) is 14.6 Å². The molecule has 1 aliphatic heterocycles. The lowest BCUT2D eigenvalue weighted by Crippen LogP contribution is -2.40. The number of carbonyl (C=O) groups excluding carboxylic acids is 1. The predicted molar refractivity (Wildman–Crippen MR) is 114 cm³/mol. The van der Waals surface area contributed by atoms with Crippen LogP contribution in [0, 0.1) is 6.92 Å². The Morgan fingerprint density at radius 3 is 2.53 bits per heavy atom. The van der Waals surface area contributed by atoms with E-state index in [2.05, 4.69) is 10.3 Å². The van der Waals surface area contributed by atoms with Crippen LogP contribution in [0.2, 0.25) is 0 Å². The van der Waals surface area contributed by atoms with Crippen LogP contribution in [-0.2, 0) is 21.3 Å². The average Bonchev–Trinajstić information content (AvgIpc) is 2.77. The molecule has 1 amide bonds. The highest BCUT2D eigenvalue weighted by Gasteiger charge is 2.26. The van der Waals surface area contributed by atoms with Crippen LogP contribution in [-0.4, -0.2) is 49.9 Å². The fourth-order valence-electron chi connectivity index (χ4n) is 3.49. The van der Waals surface area contributed by atoms with Crippen LogP contribution in [0.4, 0.5) is 0 Å². The number of ether oxygens (including phenoxy) is 1. The van der Waals surface area contributed by atoms with E-state index in [4.69, 9.17) is 4.74 Å². The van der Waals surface area contributed by atoms with E-state index in [0.717, 1.165) is 22.2 Å². The summed E-state index contributed by atoms with van der Waals surface area (Å²) in [5.74, 6) is -0.193. The number of aryl methyl sites for hydroxylation is 1. The van der Waals surface area contributed by atoms with Gasteiger partial charge in [0.05, 0.1) is 29.2 Å². The Labute approximate surface area is 175 Å². The summed E-state index contributed by atoms with van der Waals surface area (Å²) >= 11 is 0. The van der Waals surface area contributed by atoms with Crippen molar-refractivity contribution in [2.45, 2.75) is 18.4 Å². The number of carbonyl (C=O) groups is 1. The van der Waals surface area contributed by atoms with Crippen molar-refractivity contribution in [3.05, 3.63) is 71.4 Å². The number of sulfonamides is 1. The Morgan fingerprint density at radius 2 is 1.80 bits per heavy atom. The van der Waals surface area contributed by atoms with Crippen molar-refractivity contribution in [1.29, 1.82) is 0 Å². The lowest BCUT2D eigenvalue weighted by atomic mass is 10.1. The van der Waals surface area contributed by atoms with Crippen molar-refractivity contribution in [3.8, 4) is 0 Å². The first-order valence-electron chi connectivity index (χ1n) is 9.76. The lowest BCUT2D eigenvalue weighted by Gasteiger charge is -2.26. The smallest absolute Gasteiger partial charge is 0.252 e. The summed E-state index contributed by atoms with van der Waals surface area (Å²) in [4.78, 5) is 17.5. The van der Waals surface area contributed by atoms with E-state index in [1.165, 1.54) is 4.31 Å². The van der Waals surface area contributed by atoms with Crippen molar-refractivity contribution in [3.63, 3.8) is 0 Å². The summed E-state index contributed by atoms with van der Waals surface area (Å²) in [6, 6.07) is 15.9. The van der Waals surface area contributed by atoms with Gasteiger partial charge in [-0.2, -0.15) is 4.31 Å². The van der Waals surface area contributed by atoms with Crippen LogP contribution >= 0.6 is 0 Å². The summed E-state index contributed by atoms with van der Waals surface area (Å²) in [6.07, 6.45) is 0. The number of para-hydroxylation sites is 1. The normalized spacial score (nSPS) is 15.2. The van der Waals surface area contributed by atoms with E-state index < -0.39 is 10.0 Å². The minimum absolute atomic E-state index is 0.193. The molecule has 2 aromatic carbocycles. The van der Waals surface area contributed by atoms with Gasteiger partial charge in [-0.25, -0.2) is 8.42 Å². The summed E-state index contributed by atoms with van der Waals surface area (Å²) in [7, 11) is -3.52. The highest BCUT2D eigenvalue weighted by molar-refractivity contribution is 7.89. The van der Waals surface area contributed by atoms with Crippen LogP contribution < -0.4 is 5.32 Å². The second-order valence-corrected chi connectivity index (χ2v) is 9.11. The van der Waals surface area contributed by atoms with Gasteiger partial charge in [-0.15, -0.1) is 0 Å². The van der Waals surface area contributed by atoms with Crippen LogP contribution in [0.15, 0.2) is 59.5 Å². The SMILES string of the molecule is Cc1cc(C(=O)NCc2ccc(S(=O)(=O)N3CCOCC3)cc2)c2ccccc2n1. The molecule has 0 radical (unpaired) electrons. The van der Waals surface area contributed by atoms with E-state index >= 15 is 0 Å². The van der Waals surface area contributed by atoms with E-state index in [0.29, 0.717) is 38.4 Å². The molecule has 30 heavy (non-hydrogen) atoms. The fourth-order valence-corrected chi connectivity index (χ4v) is 4.90. The highest BCUT2D eigenvalue weighted by atomic mass is 32.2. The molecule has 1 N–H and O–H groups in total. The molecule has 0 atom stereocenters.